The van der Waals surface area contributed by atoms with E-state index in [1.165, 1.54) is 19.1 Å². The fourth-order valence-electron chi connectivity index (χ4n) is 2.01. The molecule has 2 aromatic rings. The molecule has 2 rings (SSSR count). The summed E-state index contributed by atoms with van der Waals surface area (Å²) in [5.74, 6) is -1.37. The van der Waals surface area contributed by atoms with Crippen molar-refractivity contribution < 1.29 is 19.2 Å². The summed E-state index contributed by atoms with van der Waals surface area (Å²) in [6, 6.07) is 3.64. The number of benzene rings is 1. The number of rotatable bonds is 6. The number of nitrogens with one attached hydrogen (secondary N) is 2. The van der Waals surface area contributed by atoms with Crippen molar-refractivity contribution in [3.63, 3.8) is 0 Å². The molecule has 26 heavy (non-hydrogen) atoms. The summed E-state index contributed by atoms with van der Waals surface area (Å²) in [7, 11) is 1.64. The Morgan fingerprint density at radius 3 is 2.73 bits per heavy atom. The number of ether oxygens (including phenoxy) is 1. The second-order valence-corrected chi connectivity index (χ2v) is 6.36. The van der Waals surface area contributed by atoms with E-state index >= 15 is 0 Å². The number of aromatic nitrogens is 1. The van der Waals surface area contributed by atoms with Gasteiger partial charge < -0.3 is 15.4 Å². The molecule has 0 saturated carbocycles. The quantitative estimate of drug-likeness (QED) is 0.434. The molecule has 0 aliphatic carbocycles. The fraction of sp³-hybridized carbons (Fsp3) is 0.267. The molecule has 138 valence electrons. The van der Waals surface area contributed by atoms with Crippen molar-refractivity contribution in [2.24, 2.45) is 0 Å². The zero-order valence-electron chi connectivity index (χ0n) is 14.0. The van der Waals surface area contributed by atoms with E-state index in [1.54, 1.807) is 14.0 Å². The summed E-state index contributed by atoms with van der Waals surface area (Å²) in [6.07, 6.45) is -1.15. The van der Waals surface area contributed by atoms with Gasteiger partial charge in [-0.2, -0.15) is 4.37 Å². The number of aryl methyl sites for hydroxylation is 1. The summed E-state index contributed by atoms with van der Waals surface area (Å²) in [5, 5.41) is 16.7. The lowest BCUT2D eigenvalue weighted by molar-refractivity contribution is -0.384. The lowest BCUT2D eigenvalue weighted by Gasteiger charge is -2.14. The molecule has 0 aliphatic rings. The molecule has 1 heterocycles. The van der Waals surface area contributed by atoms with Crippen molar-refractivity contribution in [3.8, 4) is 0 Å². The minimum absolute atomic E-state index is 0.0538. The molecule has 2 N–H and O–H groups in total. The van der Waals surface area contributed by atoms with Gasteiger partial charge in [0.25, 0.3) is 11.6 Å². The maximum Gasteiger partial charge on any atom is 0.343 e. The summed E-state index contributed by atoms with van der Waals surface area (Å²) in [4.78, 5) is 34.8. The Morgan fingerprint density at radius 1 is 1.42 bits per heavy atom. The summed E-state index contributed by atoms with van der Waals surface area (Å²) >= 11 is 7.04. The topological polar surface area (TPSA) is 123 Å². The highest BCUT2D eigenvalue weighted by atomic mass is 35.5. The molecule has 1 amide bonds. The Balaban J connectivity index is 2.11. The van der Waals surface area contributed by atoms with Crippen LogP contribution in [0.3, 0.4) is 0 Å². The van der Waals surface area contributed by atoms with E-state index < -0.39 is 22.9 Å². The van der Waals surface area contributed by atoms with Crippen LogP contribution in [0, 0.1) is 17.0 Å². The molecule has 0 radical (unpaired) electrons. The third kappa shape index (κ3) is 4.27. The van der Waals surface area contributed by atoms with Crippen LogP contribution in [-0.2, 0) is 9.53 Å². The Labute approximate surface area is 157 Å². The molecule has 0 aliphatic heterocycles. The van der Waals surface area contributed by atoms with Gasteiger partial charge in [0.05, 0.1) is 21.3 Å². The normalized spacial score (nSPS) is 11.5. The third-order valence-corrected chi connectivity index (χ3v) is 4.65. The Bertz CT molecular complexity index is 870. The average Bonchev–Trinajstić information content (AvgIpc) is 2.97. The number of esters is 1. The predicted octanol–water partition coefficient (Wildman–Crippen LogP) is 3.24. The van der Waals surface area contributed by atoms with Crippen LogP contribution in [-0.4, -0.2) is 34.3 Å². The first-order valence-corrected chi connectivity index (χ1v) is 8.49. The number of non-ortho nitro benzene ring substituents is 1. The highest BCUT2D eigenvalue weighted by Crippen LogP contribution is 2.28. The van der Waals surface area contributed by atoms with E-state index in [-0.39, 0.29) is 22.0 Å². The second kappa shape index (κ2) is 8.11. The molecule has 0 unspecified atom stereocenters. The van der Waals surface area contributed by atoms with Gasteiger partial charge in [-0.25, -0.2) is 4.79 Å². The maximum absolute atomic E-state index is 12.3. The molecule has 0 bridgehead atoms. The minimum Gasteiger partial charge on any atom is -0.449 e. The van der Waals surface area contributed by atoms with Gasteiger partial charge in [0.15, 0.2) is 6.10 Å². The SMILES string of the molecule is CNc1snc(C)c1C(=O)O[C@@H](C)C(=O)Nc1cc([N+](=O)[O-])ccc1Cl. The van der Waals surface area contributed by atoms with Gasteiger partial charge >= 0.3 is 5.97 Å². The number of nitro groups is 1. The number of hydrogen-bond donors (Lipinski definition) is 2. The molecule has 11 heteroatoms. The average molecular weight is 399 g/mol. The van der Waals surface area contributed by atoms with Crippen molar-refractivity contribution in [2.45, 2.75) is 20.0 Å². The zero-order valence-corrected chi connectivity index (χ0v) is 15.6. The van der Waals surface area contributed by atoms with E-state index in [2.05, 4.69) is 15.0 Å². The molecule has 1 aromatic carbocycles. The van der Waals surface area contributed by atoms with E-state index in [0.29, 0.717) is 10.7 Å². The minimum atomic E-state index is -1.15. The molecular weight excluding hydrogens is 384 g/mol. The lowest BCUT2D eigenvalue weighted by atomic mass is 10.2. The number of amides is 1. The van der Waals surface area contributed by atoms with Crippen LogP contribution < -0.4 is 10.6 Å². The smallest absolute Gasteiger partial charge is 0.343 e. The van der Waals surface area contributed by atoms with Crippen LogP contribution >= 0.6 is 23.1 Å². The van der Waals surface area contributed by atoms with Gasteiger partial charge in [0, 0.05) is 19.2 Å². The molecular formula is C15H15ClN4O5S. The summed E-state index contributed by atoms with van der Waals surface area (Å²) < 4.78 is 9.23. The molecule has 1 aromatic heterocycles. The predicted molar refractivity (Wildman–Crippen MR) is 98.0 cm³/mol. The molecule has 0 spiro atoms. The van der Waals surface area contributed by atoms with Crippen LogP contribution in [0.1, 0.15) is 23.0 Å². The maximum atomic E-state index is 12.3. The molecule has 0 saturated heterocycles. The van der Waals surface area contributed by atoms with Crippen LogP contribution in [0.15, 0.2) is 18.2 Å². The Kier molecular flexibility index (Phi) is 6.11. The molecule has 0 fully saturated rings. The summed E-state index contributed by atoms with van der Waals surface area (Å²) in [6.45, 7) is 3.04. The van der Waals surface area contributed by atoms with Crippen LogP contribution in [0.2, 0.25) is 5.02 Å². The largest absolute Gasteiger partial charge is 0.449 e. The van der Waals surface area contributed by atoms with Crippen molar-refractivity contribution >= 4 is 51.4 Å². The third-order valence-electron chi connectivity index (χ3n) is 3.37. The number of nitrogens with zero attached hydrogens (tertiary/aromatic N) is 2. The van der Waals surface area contributed by atoms with Crippen LogP contribution in [0.4, 0.5) is 16.4 Å². The van der Waals surface area contributed by atoms with E-state index in [4.69, 9.17) is 16.3 Å². The molecule has 1 atom stereocenters. The molecule has 9 nitrogen and oxygen atoms in total. The van der Waals surface area contributed by atoms with Crippen molar-refractivity contribution in [2.75, 3.05) is 17.7 Å². The van der Waals surface area contributed by atoms with Gasteiger partial charge in [-0.1, -0.05) is 11.6 Å². The first kappa shape index (κ1) is 19.6. The van der Waals surface area contributed by atoms with Crippen LogP contribution in [0.5, 0.6) is 0 Å². The second-order valence-electron chi connectivity index (χ2n) is 5.18. The number of nitro benzene ring substituents is 1. The number of anilines is 2. The van der Waals surface area contributed by atoms with Gasteiger partial charge in [-0.15, -0.1) is 0 Å². The number of carbonyl (C=O) groups is 2. The highest BCUT2D eigenvalue weighted by molar-refractivity contribution is 7.10. The van der Waals surface area contributed by atoms with Crippen molar-refractivity contribution in [3.05, 3.63) is 44.6 Å². The van der Waals surface area contributed by atoms with Crippen molar-refractivity contribution in [1.29, 1.82) is 0 Å². The zero-order chi connectivity index (χ0) is 19.4. The Hall–Kier alpha value is -2.72. The standard InChI is InChI=1S/C15H15ClN4O5S/c1-7-12(14(17-3)26-19-7)15(22)25-8(2)13(21)18-11-6-9(20(23)24)4-5-10(11)16/h4-6,8,17H,1-3H3,(H,18,21)/t8-/m0/s1. The monoisotopic (exact) mass is 398 g/mol. The summed E-state index contributed by atoms with van der Waals surface area (Å²) in [5.41, 5.74) is 0.565. The first-order valence-electron chi connectivity index (χ1n) is 7.34. The first-order chi connectivity index (χ1) is 12.2. The van der Waals surface area contributed by atoms with Gasteiger partial charge in [0.2, 0.25) is 0 Å². The number of hydrogen-bond acceptors (Lipinski definition) is 8. The number of carbonyl (C=O) groups excluding carboxylic acids is 2. The van der Waals surface area contributed by atoms with Crippen LogP contribution in [0.25, 0.3) is 0 Å². The number of halogens is 1. The van der Waals surface area contributed by atoms with Crippen molar-refractivity contribution in [1.82, 2.24) is 4.37 Å². The van der Waals surface area contributed by atoms with Gasteiger partial charge in [0.1, 0.15) is 10.6 Å². The van der Waals surface area contributed by atoms with E-state index in [9.17, 15) is 19.7 Å². The van der Waals surface area contributed by atoms with E-state index in [1.807, 2.05) is 0 Å². The highest BCUT2D eigenvalue weighted by Gasteiger charge is 2.25. The Morgan fingerprint density at radius 2 is 2.12 bits per heavy atom. The van der Waals surface area contributed by atoms with E-state index in [0.717, 1.165) is 17.6 Å². The fourth-order valence-corrected chi connectivity index (χ4v) is 2.91. The van der Waals surface area contributed by atoms with Gasteiger partial charge in [-0.05, 0) is 31.4 Å². The lowest BCUT2D eigenvalue weighted by Crippen LogP contribution is -2.30. The van der Waals surface area contributed by atoms with Gasteiger partial charge in [-0.3, -0.25) is 14.9 Å².